The van der Waals surface area contributed by atoms with Crippen molar-refractivity contribution in [2.24, 2.45) is 0 Å². The first kappa shape index (κ1) is 13.4. The molecule has 0 amide bonds. The summed E-state index contributed by atoms with van der Waals surface area (Å²) in [5.41, 5.74) is 4.87. The van der Waals surface area contributed by atoms with E-state index in [0.717, 1.165) is 17.1 Å². The Morgan fingerprint density at radius 3 is 2.37 bits per heavy atom. The highest BCUT2D eigenvalue weighted by Gasteiger charge is 2.17. The predicted molar refractivity (Wildman–Crippen MR) is 75.9 cm³/mol. The molecule has 2 aromatic rings. The van der Waals surface area contributed by atoms with Crippen LogP contribution in [0.15, 0.2) is 30.3 Å². The van der Waals surface area contributed by atoms with Gasteiger partial charge in [-0.1, -0.05) is 17.7 Å². The van der Waals surface area contributed by atoms with E-state index in [1.54, 1.807) is 0 Å². The molecule has 1 heterocycles. The largest absolute Gasteiger partial charge is 0.462 e. The second-order valence-electron chi connectivity index (χ2n) is 4.68. The fraction of sp³-hybridized carbons (Fsp3) is 0.312. The minimum atomic E-state index is -0.256. The Kier molecular flexibility index (Phi) is 3.74. The second-order valence-corrected chi connectivity index (χ2v) is 4.68. The molecule has 0 unspecified atom stereocenters. The number of ether oxygens (including phenoxy) is 1. The highest BCUT2D eigenvalue weighted by molar-refractivity contribution is 5.91. The van der Waals surface area contributed by atoms with Crippen molar-refractivity contribution in [1.29, 1.82) is 0 Å². The third kappa shape index (κ3) is 2.55. The molecule has 0 aliphatic rings. The Hall–Kier alpha value is -2.03. The number of esters is 1. The number of aryl methyl sites for hydroxylation is 2. The van der Waals surface area contributed by atoms with Gasteiger partial charge < -0.3 is 9.30 Å². The molecular formula is C16H19NO2. The molecule has 0 aliphatic heterocycles. The highest BCUT2D eigenvalue weighted by Crippen LogP contribution is 2.21. The molecule has 0 radical (unpaired) electrons. The summed E-state index contributed by atoms with van der Waals surface area (Å²) < 4.78 is 7.15. The summed E-state index contributed by atoms with van der Waals surface area (Å²) in [5, 5.41) is 0. The summed E-state index contributed by atoms with van der Waals surface area (Å²) in [6.07, 6.45) is 0. The molecule has 0 N–H and O–H groups in total. The van der Waals surface area contributed by atoms with Gasteiger partial charge in [0.15, 0.2) is 0 Å². The van der Waals surface area contributed by atoms with Crippen molar-refractivity contribution < 1.29 is 9.53 Å². The first-order valence-corrected chi connectivity index (χ1v) is 6.47. The minimum Gasteiger partial charge on any atom is -0.462 e. The maximum absolute atomic E-state index is 11.9. The zero-order chi connectivity index (χ0) is 14.0. The van der Waals surface area contributed by atoms with Crippen LogP contribution in [0.3, 0.4) is 0 Å². The molecule has 0 atom stereocenters. The van der Waals surface area contributed by atoms with Gasteiger partial charge in [-0.25, -0.2) is 4.79 Å². The van der Waals surface area contributed by atoms with Gasteiger partial charge in [-0.3, -0.25) is 0 Å². The summed E-state index contributed by atoms with van der Waals surface area (Å²) in [4.78, 5) is 11.9. The number of carbonyl (C=O) groups excluding carboxylic acids is 1. The molecule has 0 spiro atoms. The minimum absolute atomic E-state index is 0.256. The van der Waals surface area contributed by atoms with Crippen LogP contribution in [0.2, 0.25) is 0 Å². The Morgan fingerprint density at radius 2 is 1.79 bits per heavy atom. The predicted octanol–water partition coefficient (Wildman–Crippen LogP) is 3.58. The van der Waals surface area contributed by atoms with Crippen molar-refractivity contribution >= 4 is 5.97 Å². The lowest BCUT2D eigenvalue weighted by Gasteiger charge is -2.10. The third-order valence-corrected chi connectivity index (χ3v) is 3.22. The zero-order valence-corrected chi connectivity index (χ0v) is 11.9. The molecule has 0 bridgehead atoms. The summed E-state index contributed by atoms with van der Waals surface area (Å²) >= 11 is 0. The van der Waals surface area contributed by atoms with Crippen molar-refractivity contribution in [3.8, 4) is 5.69 Å². The van der Waals surface area contributed by atoms with Gasteiger partial charge >= 0.3 is 5.97 Å². The SMILES string of the molecule is CCOC(=O)c1cc(C)n(-c2ccc(C)cc2)c1C. The normalized spacial score (nSPS) is 10.5. The lowest BCUT2D eigenvalue weighted by Crippen LogP contribution is -2.06. The molecule has 1 aromatic heterocycles. The quantitative estimate of drug-likeness (QED) is 0.787. The van der Waals surface area contributed by atoms with Gasteiger partial charge in [-0.05, 0) is 45.9 Å². The molecule has 0 aliphatic carbocycles. The number of hydrogen-bond acceptors (Lipinski definition) is 2. The number of carbonyl (C=O) groups is 1. The van der Waals surface area contributed by atoms with E-state index in [0.29, 0.717) is 12.2 Å². The average molecular weight is 257 g/mol. The Labute approximate surface area is 113 Å². The molecule has 0 saturated heterocycles. The average Bonchev–Trinajstić information content (AvgIpc) is 2.67. The van der Waals surface area contributed by atoms with Crippen LogP contribution in [-0.4, -0.2) is 17.1 Å². The van der Waals surface area contributed by atoms with Crippen molar-refractivity contribution in [3.63, 3.8) is 0 Å². The van der Waals surface area contributed by atoms with E-state index in [2.05, 4.69) is 35.8 Å². The van der Waals surface area contributed by atoms with E-state index < -0.39 is 0 Å². The monoisotopic (exact) mass is 257 g/mol. The van der Waals surface area contributed by atoms with Crippen molar-refractivity contribution in [2.75, 3.05) is 6.61 Å². The summed E-state index contributed by atoms with van der Waals surface area (Å²) in [7, 11) is 0. The van der Waals surface area contributed by atoms with Crippen LogP contribution in [0.5, 0.6) is 0 Å². The van der Waals surface area contributed by atoms with Crippen LogP contribution in [0.4, 0.5) is 0 Å². The topological polar surface area (TPSA) is 31.2 Å². The van der Waals surface area contributed by atoms with E-state index in [4.69, 9.17) is 4.74 Å². The fourth-order valence-electron chi connectivity index (χ4n) is 2.27. The van der Waals surface area contributed by atoms with Gasteiger partial charge in [-0.2, -0.15) is 0 Å². The lowest BCUT2D eigenvalue weighted by molar-refractivity contribution is 0.0525. The van der Waals surface area contributed by atoms with Crippen LogP contribution in [-0.2, 0) is 4.74 Å². The van der Waals surface area contributed by atoms with Crippen LogP contribution in [0, 0.1) is 20.8 Å². The Morgan fingerprint density at radius 1 is 1.16 bits per heavy atom. The number of nitrogens with zero attached hydrogens (tertiary/aromatic N) is 1. The molecular weight excluding hydrogens is 238 g/mol. The van der Waals surface area contributed by atoms with E-state index in [1.807, 2.05) is 26.8 Å². The van der Waals surface area contributed by atoms with Crippen molar-refractivity contribution in [3.05, 3.63) is 52.8 Å². The molecule has 3 heteroatoms. The first-order valence-electron chi connectivity index (χ1n) is 6.47. The van der Waals surface area contributed by atoms with Crippen LogP contribution >= 0.6 is 0 Å². The Bertz CT molecular complexity index is 594. The van der Waals surface area contributed by atoms with Gasteiger partial charge in [0.2, 0.25) is 0 Å². The van der Waals surface area contributed by atoms with Gasteiger partial charge in [0.05, 0.1) is 12.2 Å². The number of rotatable bonds is 3. The molecule has 3 nitrogen and oxygen atoms in total. The van der Waals surface area contributed by atoms with Crippen molar-refractivity contribution in [2.45, 2.75) is 27.7 Å². The van der Waals surface area contributed by atoms with E-state index in [-0.39, 0.29) is 5.97 Å². The van der Waals surface area contributed by atoms with Gasteiger partial charge in [0, 0.05) is 17.1 Å². The smallest absolute Gasteiger partial charge is 0.339 e. The molecule has 1 aromatic carbocycles. The third-order valence-electron chi connectivity index (χ3n) is 3.22. The molecule has 0 fully saturated rings. The van der Waals surface area contributed by atoms with Gasteiger partial charge in [-0.15, -0.1) is 0 Å². The lowest BCUT2D eigenvalue weighted by atomic mass is 10.2. The van der Waals surface area contributed by atoms with Crippen LogP contribution in [0.25, 0.3) is 5.69 Å². The number of aromatic nitrogens is 1. The van der Waals surface area contributed by atoms with E-state index in [9.17, 15) is 4.79 Å². The van der Waals surface area contributed by atoms with Crippen molar-refractivity contribution in [1.82, 2.24) is 4.57 Å². The second kappa shape index (κ2) is 5.31. The van der Waals surface area contributed by atoms with E-state index in [1.165, 1.54) is 5.56 Å². The highest BCUT2D eigenvalue weighted by atomic mass is 16.5. The number of benzene rings is 1. The maximum atomic E-state index is 11.9. The van der Waals surface area contributed by atoms with Crippen LogP contribution < -0.4 is 0 Å². The molecule has 19 heavy (non-hydrogen) atoms. The summed E-state index contributed by atoms with van der Waals surface area (Å²) in [6.45, 7) is 8.21. The standard InChI is InChI=1S/C16H19NO2/c1-5-19-16(18)15-10-12(3)17(13(15)4)14-8-6-11(2)7-9-14/h6-10H,5H2,1-4H3. The van der Waals surface area contributed by atoms with Gasteiger partial charge in [0.25, 0.3) is 0 Å². The maximum Gasteiger partial charge on any atom is 0.339 e. The molecule has 0 saturated carbocycles. The first-order chi connectivity index (χ1) is 9.04. The number of hydrogen-bond donors (Lipinski definition) is 0. The Balaban J connectivity index is 2.47. The van der Waals surface area contributed by atoms with E-state index >= 15 is 0 Å². The molecule has 2 rings (SSSR count). The summed E-state index contributed by atoms with van der Waals surface area (Å²) in [5.74, 6) is -0.256. The summed E-state index contributed by atoms with van der Waals surface area (Å²) in [6, 6.07) is 10.1. The van der Waals surface area contributed by atoms with Crippen LogP contribution in [0.1, 0.15) is 34.2 Å². The zero-order valence-electron chi connectivity index (χ0n) is 11.9. The van der Waals surface area contributed by atoms with Gasteiger partial charge in [0.1, 0.15) is 0 Å². The fourth-order valence-corrected chi connectivity index (χ4v) is 2.27. The molecule has 100 valence electrons.